The number of ether oxygens (including phenoxy) is 1. The molecule has 2 heterocycles. The number of thiophene rings is 1. The van der Waals surface area contributed by atoms with Crippen LogP contribution >= 0.6 is 11.3 Å². The quantitative estimate of drug-likeness (QED) is 0.680. The number of hydrogen-bond donors (Lipinski definition) is 0. The molecule has 0 spiro atoms. The smallest absolute Gasteiger partial charge is 0.354 e. The van der Waals surface area contributed by atoms with Gasteiger partial charge in [0, 0.05) is 11.9 Å². The molecule has 2 aromatic heterocycles. The Kier molecular flexibility index (Phi) is 3.55. The number of methoxy groups -OCH3 is 1. The number of carbonyl (C=O) groups is 1. The van der Waals surface area contributed by atoms with Gasteiger partial charge in [-0.2, -0.15) is 0 Å². The third kappa shape index (κ3) is 2.47. The van der Waals surface area contributed by atoms with Crippen LogP contribution in [0.5, 0.6) is 0 Å². The molecule has 3 rings (SSSR count). The maximum Gasteiger partial charge on any atom is 0.354 e. The van der Waals surface area contributed by atoms with Crippen LogP contribution in [0, 0.1) is 13.8 Å². The lowest BCUT2D eigenvalue weighted by atomic mass is 10.1. The van der Waals surface area contributed by atoms with E-state index in [1.54, 1.807) is 11.3 Å². The van der Waals surface area contributed by atoms with Crippen LogP contribution in [0.1, 0.15) is 27.2 Å². The summed E-state index contributed by atoms with van der Waals surface area (Å²) in [6, 6.07) is 10.3. The molecule has 0 saturated heterocycles. The number of carbonyl (C=O) groups excluding carboxylic acids is 1. The van der Waals surface area contributed by atoms with E-state index in [1.807, 2.05) is 22.1 Å². The van der Waals surface area contributed by atoms with Gasteiger partial charge in [-0.15, -0.1) is 11.3 Å². The van der Waals surface area contributed by atoms with Crippen LogP contribution in [0.4, 0.5) is 0 Å². The van der Waals surface area contributed by atoms with Crippen LogP contribution in [0.2, 0.25) is 0 Å². The van der Waals surface area contributed by atoms with E-state index in [-0.39, 0.29) is 5.97 Å². The average molecular weight is 299 g/mol. The van der Waals surface area contributed by atoms with Gasteiger partial charge in [0.05, 0.1) is 7.11 Å². The zero-order valence-corrected chi connectivity index (χ0v) is 13.2. The average Bonchev–Trinajstić information content (AvgIpc) is 3.04. The van der Waals surface area contributed by atoms with Gasteiger partial charge in [0.25, 0.3) is 0 Å². The summed E-state index contributed by atoms with van der Waals surface area (Å²) >= 11 is 1.65. The molecule has 4 heteroatoms. The van der Waals surface area contributed by atoms with Crippen molar-refractivity contribution in [1.29, 1.82) is 0 Å². The molecule has 0 amide bonds. The Hall–Kier alpha value is -2.07. The summed E-state index contributed by atoms with van der Waals surface area (Å²) in [5, 5.41) is 3.14. The highest BCUT2D eigenvalue weighted by Gasteiger charge is 2.17. The van der Waals surface area contributed by atoms with Gasteiger partial charge in [0.2, 0.25) is 0 Å². The van der Waals surface area contributed by atoms with Gasteiger partial charge in [-0.3, -0.25) is 0 Å². The van der Waals surface area contributed by atoms with Crippen molar-refractivity contribution in [2.24, 2.45) is 0 Å². The zero-order valence-electron chi connectivity index (χ0n) is 12.3. The molecule has 0 unspecified atom stereocenters. The van der Waals surface area contributed by atoms with E-state index < -0.39 is 0 Å². The van der Waals surface area contributed by atoms with Crippen LogP contribution < -0.4 is 0 Å². The zero-order chi connectivity index (χ0) is 15.0. The number of nitrogens with zero attached hydrogens (tertiary/aromatic N) is 1. The summed E-state index contributed by atoms with van der Waals surface area (Å²) in [7, 11) is 1.42. The summed E-state index contributed by atoms with van der Waals surface area (Å²) in [5.74, 6) is -0.288. The van der Waals surface area contributed by atoms with Crippen molar-refractivity contribution in [1.82, 2.24) is 4.57 Å². The minimum Gasteiger partial charge on any atom is -0.464 e. The normalized spacial score (nSPS) is 11.0. The van der Waals surface area contributed by atoms with Gasteiger partial charge < -0.3 is 9.30 Å². The Bertz CT molecular complexity index is 813. The number of aromatic nitrogens is 1. The van der Waals surface area contributed by atoms with E-state index in [0.717, 1.165) is 10.2 Å². The molecule has 0 atom stereocenters. The Morgan fingerprint density at radius 3 is 2.81 bits per heavy atom. The van der Waals surface area contributed by atoms with E-state index in [0.29, 0.717) is 12.2 Å². The third-order valence-electron chi connectivity index (χ3n) is 3.73. The van der Waals surface area contributed by atoms with E-state index in [4.69, 9.17) is 4.74 Å². The number of esters is 1. The molecule has 21 heavy (non-hydrogen) atoms. The summed E-state index contributed by atoms with van der Waals surface area (Å²) in [6.07, 6.45) is 0. The Morgan fingerprint density at radius 2 is 2.05 bits per heavy atom. The highest BCUT2D eigenvalue weighted by atomic mass is 32.1. The van der Waals surface area contributed by atoms with Gasteiger partial charge in [-0.05, 0) is 42.5 Å². The number of rotatable bonds is 3. The largest absolute Gasteiger partial charge is 0.464 e. The number of hydrogen-bond acceptors (Lipinski definition) is 3. The molecule has 0 aliphatic heterocycles. The minimum atomic E-state index is -0.288. The van der Waals surface area contributed by atoms with E-state index in [2.05, 4.69) is 32.0 Å². The summed E-state index contributed by atoms with van der Waals surface area (Å²) in [5.41, 5.74) is 4.30. The fourth-order valence-electron chi connectivity index (χ4n) is 2.55. The standard InChI is InChI=1S/C17H17NO2S/c1-11-4-5-12(2)14(8-11)10-18-15(17(19)20-3)9-13-6-7-21-16(13)18/h4-9H,10H2,1-3H3. The SMILES string of the molecule is COC(=O)c1cc2ccsc2n1Cc1cc(C)ccc1C. The van der Waals surface area contributed by atoms with Crippen molar-refractivity contribution < 1.29 is 9.53 Å². The highest BCUT2D eigenvalue weighted by Crippen LogP contribution is 2.27. The van der Waals surface area contributed by atoms with Crippen LogP contribution in [0.25, 0.3) is 10.2 Å². The molecule has 0 N–H and O–H groups in total. The molecule has 3 nitrogen and oxygen atoms in total. The summed E-state index contributed by atoms with van der Waals surface area (Å²) < 4.78 is 6.96. The summed E-state index contributed by atoms with van der Waals surface area (Å²) in [6.45, 7) is 4.87. The first-order valence-electron chi connectivity index (χ1n) is 6.81. The molecular weight excluding hydrogens is 282 g/mol. The van der Waals surface area contributed by atoms with Crippen molar-refractivity contribution >= 4 is 27.5 Å². The van der Waals surface area contributed by atoms with Gasteiger partial charge in [-0.1, -0.05) is 23.8 Å². The number of aryl methyl sites for hydroxylation is 2. The second kappa shape index (κ2) is 5.37. The molecule has 0 aliphatic carbocycles. The van der Waals surface area contributed by atoms with Crippen molar-refractivity contribution in [2.75, 3.05) is 7.11 Å². The lowest BCUT2D eigenvalue weighted by molar-refractivity contribution is 0.0589. The topological polar surface area (TPSA) is 31.2 Å². The number of benzene rings is 1. The lowest BCUT2D eigenvalue weighted by Crippen LogP contribution is -2.11. The summed E-state index contributed by atoms with van der Waals surface area (Å²) in [4.78, 5) is 13.1. The molecule has 0 bridgehead atoms. The van der Waals surface area contributed by atoms with Crippen molar-refractivity contribution in [3.8, 4) is 0 Å². The van der Waals surface area contributed by atoms with Gasteiger partial charge in [0.15, 0.2) is 0 Å². The van der Waals surface area contributed by atoms with E-state index >= 15 is 0 Å². The van der Waals surface area contributed by atoms with Crippen molar-refractivity contribution in [3.05, 3.63) is 58.1 Å². The second-order valence-corrected chi connectivity index (χ2v) is 6.11. The van der Waals surface area contributed by atoms with Crippen LogP contribution in [0.3, 0.4) is 0 Å². The Morgan fingerprint density at radius 1 is 1.24 bits per heavy atom. The first kappa shape index (κ1) is 13.9. The molecule has 3 aromatic rings. The highest BCUT2D eigenvalue weighted by molar-refractivity contribution is 7.16. The van der Waals surface area contributed by atoms with Gasteiger partial charge in [0.1, 0.15) is 10.5 Å². The molecule has 1 aromatic carbocycles. The maximum atomic E-state index is 12.0. The first-order valence-corrected chi connectivity index (χ1v) is 7.69. The molecule has 0 saturated carbocycles. The minimum absolute atomic E-state index is 0.288. The molecule has 0 fully saturated rings. The number of fused-ring (bicyclic) bond motifs is 1. The predicted molar refractivity (Wildman–Crippen MR) is 86.2 cm³/mol. The van der Waals surface area contributed by atoms with Gasteiger partial charge >= 0.3 is 5.97 Å². The maximum absolute atomic E-state index is 12.0. The molecular formula is C17H17NO2S. The second-order valence-electron chi connectivity index (χ2n) is 5.22. The fourth-order valence-corrected chi connectivity index (χ4v) is 3.44. The third-order valence-corrected chi connectivity index (χ3v) is 4.68. The van der Waals surface area contributed by atoms with Crippen LogP contribution in [-0.4, -0.2) is 17.6 Å². The predicted octanol–water partition coefficient (Wildman–Crippen LogP) is 4.15. The van der Waals surface area contributed by atoms with E-state index in [9.17, 15) is 4.79 Å². The lowest BCUT2D eigenvalue weighted by Gasteiger charge is -2.12. The monoisotopic (exact) mass is 299 g/mol. The molecule has 0 radical (unpaired) electrons. The molecule has 0 aliphatic rings. The van der Waals surface area contributed by atoms with Crippen molar-refractivity contribution in [3.63, 3.8) is 0 Å². The fraction of sp³-hybridized carbons (Fsp3) is 0.235. The first-order chi connectivity index (χ1) is 10.1. The molecule has 108 valence electrons. The van der Waals surface area contributed by atoms with Crippen molar-refractivity contribution in [2.45, 2.75) is 20.4 Å². The van der Waals surface area contributed by atoms with Crippen LogP contribution in [-0.2, 0) is 11.3 Å². The Labute approximate surface area is 127 Å². The van der Waals surface area contributed by atoms with Crippen LogP contribution in [0.15, 0.2) is 35.7 Å². The van der Waals surface area contributed by atoms with Gasteiger partial charge in [-0.25, -0.2) is 4.79 Å². The van der Waals surface area contributed by atoms with E-state index in [1.165, 1.54) is 23.8 Å². The Balaban J connectivity index is 2.12.